The first-order valence-electron chi connectivity index (χ1n) is 13.9. The Balaban J connectivity index is 1.54. The standard InChI is InChI=1S/C30H51NO/c1-19(2)20-10-13-26(3)16-17-29(6)21(25(20)26)8-9-23-27(4)14-12-24(31)28(5,18-32)22(27)11-15-30(23,29)7/h20-25,32H,1,8-18,31H2,2-7H3/t20-,21+,22+,23+,24?,25+,26+,27-,28-,29+,30+/m0/s1. The highest BCUT2D eigenvalue weighted by atomic mass is 16.3. The van der Waals surface area contributed by atoms with Crippen molar-refractivity contribution in [1.82, 2.24) is 0 Å². The van der Waals surface area contributed by atoms with Gasteiger partial charge in [0.25, 0.3) is 0 Å². The highest BCUT2D eigenvalue weighted by Gasteiger charge is 2.70. The van der Waals surface area contributed by atoms with Crippen LogP contribution in [0.5, 0.6) is 0 Å². The van der Waals surface area contributed by atoms with E-state index in [0.29, 0.717) is 27.6 Å². The zero-order chi connectivity index (χ0) is 23.3. The van der Waals surface area contributed by atoms with Crippen molar-refractivity contribution >= 4 is 0 Å². The van der Waals surface area contributed by atoms with Gasteiger partial charge in [0, 0.05) is 11.5 Å². The van der Waals surface area contributed by atoms with Crippen LogP contribution >= 0.6 is 0 Å². The number of aliphatic hydroxyl groups is 1. The number of nitrogens with two attached hydrogens (primary N) is 1. The lowest BCUT2D eigenvalue weighted by molar-refractivity contribution is -0.241. The normalized spacial score (nSPS) is 59.5. The largest absolute Gasteiger partial charge is 0.396 e. The molecule has 0 spiro atoms. The van der Waals surface area contributed by atoms with E-state index in [1.54, 1.807) is 0 Å². The molecule has 32 heavy (non-hydrogen) atoms. The number of hydrogen-bond acceptors (Lipinski definition) is 2. The second kappa shape index (κ2) is 7.09. The first-order valence-corrected chi connectivity index (χ1v) is 13.9. The maximum absolute atomic E-state index is 10.5. The molecule has 0 aromatic heterocycles. The number of hydrogen-bond donors (Lipinski definition) is 2. The number of allylic oxidation sites excluding steroid dienone is 1. The Labute approximate surface area is 198 Å². The predicted octanol–water partition coefficient (Wildman–Crippen LogP) is 6.96. The Morgan fingerprint density at radius 2 is 1.56 bits per heavy atom. The smallest absolute Gasteiger partial charge is 0.0502 e. The molecule has 5 fully saturated rings. The van der Waals surface area contributed by atoms with E-state index in [9.17, 15) is 5.11 Å². The molecule has 0 amide bonds. The maximum atomic E-state index is 10.5. The SMILES string of the molecule is C=C(C)[C@@H]1CC[C@]2(C)CC[C@]3(C)[C@H](CC[C@@H]4[C@@]5(C)CCC(N)[C@@](C)(CO)[C@@H]5CC[C@]43C)[C@@H]12. The van der Waals surface area contributed by atoms with Crippen molar-refractivity contribution in [3.8, 4) is 0 Å². The molecule has 0 aromatic rings. The average Bonchev–Trinajstić information content (AvgIpc) is 3.09. The van der Waals surface area contributed by atoms with Gasteiger partial charge in [-0.1, -0.05) is 46.8 Å². The van der Waals surface area contributed by atoms with Crippen molar-refractivity contribution in [2.75, 3.05) is 6.61 Å². The van der Waals surface area contributed by atoms with E-state index < -0.39 is 0 Å². The van der Waals surface area contributed by atoms with E-state index in [1.165, 1.54) is 63.4 Å². The van der Waals surface area contributed by atoms with Crippen LogP contribution in [0.1, 0.15) is 106 Å². The highest BCUT2D eigenvalue weighted by Crippen LogP contribution is 2.77. The summed E-state index contributed by atoms with van der Waals surface area (Å²) in [7, 11) is 0. The van der Waals surface area contributed by atoms with Crippen molar-refractivity contribution < 1.29 is 5.11 Å². The summed E-state index contributed by atoms with van der Waals surface area (Å²) in [6.45, 7) is 20.0. The average molecular weight is 442 g/mol. The van der Waals surface area contributed by atoms with Crippen LogP contribution in [0.3, 0.4) is 0 Å². The molecule has 5 rings (SSSR count). The van der Waals surface area contributed by atoms with Crippen molar-refractivity contribution in [3.63, 3.8) is 0 Å². The van der Waals surface area contributed by atoms with Crippen LogP contribution in [-0.4, -0.2) is 17.8 Å². The van der Waals surface area contributed by atoms with Crippen molar-refractivity contribution in [1.29, 1.82) is 0 Å². The second-order valence-corrected chi connectivity index (χ2v) is 14.6. The molecular weight excluding hydrogens is 390 g/mol. The van der Waals surface area contributed by atoms with Gasteiger partial charge in [-0.25, -0.2) is 0 Å². The molecule has 5 saturated carbocycles. The zero-order valence-electron chi connectivity index (χ0n) is 22.0. The Morgan fingerprint density at radius 1 is 0.844 bits per heavy atom. The Hall–Kier alpha value is -0.340. The lowest BCUT2D eigenvalue weighted by Gasteiger charge is -2.73. The van der Waals surface area contributed by atoms with Gasteiger partial charge in [-0.05, 0) is 122 Å². The van der Waals surface area contributed by atoms with Gasteiger partial charge in [0.2, 0.25) is 0 Å². The summed E-state index contributed by atoms with van der Waals surface area (Å²) in [5.74, 6) is 3.75. The first-order chi connectivity index (χ1) is 14.9. The third-order valence-electron chi connectivity index (χ3n) is 13.7. The quantitative estimate of drug-likeness (QED) is 0.455. The summed E-state index contributed by atoms with van der Waals surface area (Å²) in [5.41, 5.74) is 9.69. The Bertz CT molecular complexity index is 792. The third-order valence-corrected chi connectivity index (χ3v) is 13.7. The van der Waals surface area contributed by atoms with Crippen molar-refractivity contribution in [3.05, 3.63) is 12.2 Å². The number of fused-ring (bicyclic) bond motifs is 7. The molecule has 0 bridgehead atoms. The van der Waals surface area contributed by atoms with Crippen LogP contribution in [-0.2, 0) is 0 Å². The predicted molar refractivity (Wildman–Crippen MR) is 134 cm³/mol. The molecule has 0 aliphatic heterocycles. The fraction of sp³-hybridized carbons (Fsp3) is 0.933. The van der Waals surface area contributed by atoms with E-state index in [2.05, 4.69) is 48.1 Å². The van der Waals surface area contributed by atoms with Gasteiger partial charge in [0.1, 0.15) is 0 Å². The first kappa shape index (κ1) is 23.4. The molecule has 5 aliphatic rings. The summed E-state index contributed by atoms with van der Waals surface area (Å²) >= 11 is 0. The Kier molecular flexibility index (Phi) is 5.19. The summed E-state index contributed by atoms with van der Waals surface area (Å²) in [6, 6.07) is 0.145. The topological polar surface area (TPSA) is 46.2 Å². The second-order valence-electron chi connectivity index (χ2n) is 14.6. The van der Waals surface area contributed by atoms with Crippen LogP contribution < -0.4 is 5.73 Å². The van der Waals surface area contributed by atoms with Crippen molar-refractivity contribution in [2.45, 2.75) is 112 Å². The molecule has 3 N–H and O–H groups in total. The zero-order valence-corrected chi connectivity index (χ0v) is 22.0. The van der Waals surface area contributed by atoms with Gasteiger partial charge >= 0.3 is 0 Å². The molecule has 0 radical (unpaired) electrons. The monoisotopic (exact) mass is 441 g/mol. The van der Waals surface area contributed by atoms with Gasteiger partial charge in [0.15, 0.2) is 0 Å². The molecule has 0 aromatic carbocycles. The van der Waals surface area contributed by atoms with Gasteiger partial charge in [-0.15, -0.1) is 0 Å². The highest BCUT2D eigenvalue weighted by molar-refractivity contribution is 5.21. The van der Waals surface area contributed by atoms with Gasteiger partial charge in [0.05, 0.1) is 6.61 Å². The molecule has 0 heterocycles. The van der Waals surface area contributed by atoms with E-state index >= 15 is 0 Å². The molecule has 5 aliphatic carbocycles. The molecule has 0 saturated heterocycles. The maximum Gasteiger partial charge on any atom is 0.0502 e. The molecule has 11 atom stereocenters. The summed E-state index contributed by atoms with van der Waals surface area (Å²) in [5, 5.41) is 10.5. The fourth-order valence-corrected chi connectivity index (χ4v) is 11.6. The number of aliphatic hydroxyl groups excluding tert-OH is 1. The minimum atomic E-state index is -0.117. The third kappa shape index (κ3) is 2.66. The minimum Gasteiger partial charge on any atom is -0.396 e. The summed E-state index contributed by atoms with van der Waals surface area (Å²) in [4.78, 5) is 0. The fourth-order valence-electron chi connectivity index (χ4n) is 11.6. The van der Waals surface area contributed by atoms with E-state index in [4.69, 9.17) is 5.73 Å². The number of rotatable bonds is 2. The van der Waals surface area contributed by atoms with Gasteiger partial charge < -0.3 is 10.8 Å². The molecule has 1 unspecified atom stereocenters. The summed E-state index contributed by atoms with van der Waals surface area (Å²) < 4.78 is 0. The molecule has 2 nitrogen and oxygen atoms in total. The molecule has 182 valence electrons. The Morgan fingerprint density at radius 3 is 2.22 bits per heavy atom. The minimum absolute atomic E-state index is 0.117. The lowest BCUT2D eigenvalue weighted by Crippen LogP contribution is -2.68. The van der Waals surface area contributed by atoms with Crippen LogP contribution in [0.15, 0.2) is 12.2 Å². The van der Waals surface area contributed by atoms with E-state index in [-0.39, 0.29) is 18.1 Å². The van der Waals surface area contributed by atoms with Crippen molar-refractivity contribution in [2.24, 2.45) is 62.4 Å². The van der Waals surface area contributed by atoms with Gasteiger partial charge in [-0.2, -0.15) is 0 Å². The van der Waals surface area contributed by atoms with E-state index in [0.717, 1.165) is 30.1 Å². The van der Waals surface area contributed by atoms with Crippen LogP contribution in [0.25, 0.3) is 0 Å². The van der Waals surface area contributed by atoms with Crippen LogP contribution in [0, 0.1) is 56.7 Å². The van der Waals surface area contributed by atoms with E-state index in [1.807, 2.05) is 0 Å². The lowest BCUT2D eigenvalue weighted by atomic mass is 9.32. The summed E-state index contributed by atoms with van der Waals surface area (Å²) in [6.07, 6.45) is 13.3. The molecular formula is C30H51NO. The molecule has 2 heteroatoms. The van der Waals surface area contributed by atoms with Crippen LogP contribution in [0.2, 0.25) is 0 Å². The van der Waals surface area contributed by atoms with Gasteiger partial charge in [-0.3, -0.25) is 0 Å². The van der Waals surface area contributed by atoms with Crippen LogP contribution in [0.4, 0.5) is 0 Å².